The van der Waals surface area contributed by atoms with Crippen LogP contribution in [0.5, 0.6) is 0 Å². The van der Waals surface area contributed by atoms with E-state index in [-0.39, 0.29) is 5.91 Å². The Kier molecular flexibility index (Phi) is 8.06. The first-order valence-corrected chi connectivity index (χ1v) is 10.0. The van der Waals surface area contributed by atoms with Gasteiger partial charge in [-0.15, -0.1) is 11.3 Å². The molecule has 0 aliphatic rings. The van der Waals surface area contributed by atoms with E-state index in [1.807, 2.05) is 31.3 Å². The predicted molar refractivity (Wildman–Crippen MR) is 112 cm³/mol. The fourth-order valence-electron chi connectivity index (χ4n) is 2.30. The van der Waals surface area contributed by atoms with Gasteiger partial charge in [0.1, 0.15) is 0 Å². The van der Waals surface area contributed by atoms with E-state index >= 15 is 0 Å². The summed E-state index contributed by atoms with van der Waals surface area (Å²) in [5, 5.41) is 10.4. The number of aryl methyl sites for hydroxylation is 2. The first-order chi connectivity index (χ1) is 12.5. The van der Waals surface area contributed by atoms with Crippen LogP contribution in [0.1, 0.15) is 21.9 Å². The van der Waals surface area contributed by atoms with Crippen molar-refractivity contribution in [1.82, 2.24) is 15.6 Å². The molecule has 0 radical (unpaired) electrons. The van der Waals surface area contributed by atoms with Gasteiger partial charge in [0.15, 0.2) is 5.96 Å². The van der Waals surface area contributed by atoms with E-state index in [4.69, 9.17) is 0 Å². The second-order valence-corrected chi connectivity index (χ2v) is 8.03. The lowest BCUT2D eigenvalue weighted by molar-refractivity contribution is -0.116. The van der Waals surface area contributed by atoms with Crippen molar-refractivity contribution in [3.05, 3.63) is 44.3 Å². The molecule has 0 saturated carbocycles. The van der Waals surface area contributed by atoms with E-state index in [1.54, 1.807) is 18.4 Å². The molecule has 2 aromatic rings. The highest BCUT2D eigenvalue weighted by Crippen LogP contribution is 2.20. The number of amides is 1. The van der Waals surface area contributed by atoms with E-state index < -0.39 is 0 Å². The van der Waals surface area contributed by atoms with Gasteiger partial charge in [-0.05, 0) is 37.6 Å². The molecule has 26 heavy (non-hydrogen) atoms. The summed E-state index contributed by atoms with van der Waals surface area (Å²) in [7, 11) is 1.72. The standard InChI is InChI=1S/C18H24BrN5OS/c1-12-10-14(19)4-5-15(12)24-16(25)6-8-21-18(20-3)22-9-7-17-23-11-13(2)26-17/h4-5,10-11H,6-9H2,1-3H3,(H,24,25)(H2,20,21,22). The molecule has 0 aliphatic carbocycles. The number of halogens is 1. The molecule has 140 valence electrons. The number of aromatic nitrogens is 1. The van der Waals surface area contributed by atoms with Crippen LogP contribution < -0.4 is 16.0 Å². The molecular formula is C18H24BrN5OS. The molecule has 0 bridgehead atoms. The summed E-state index contributed by atoms with van der Waals surface area (Å²) in [5.74, 6) is 0.655. The van der Waals surface area contributed by atoms with Gasteiger partial charge in [-0.2, -0.15) is 0 Å². The highest BCUT2D eigenvalue weighted by Gasteiger charge is 2.06. The lowest BCUT2D eigenvalue weighted by atomic mass is 10.2. The Hall–Kier alpha value is -1.93. The maximum Gasteiger partial charge on any atom is 0.226 e. The predicted octanol–water partition coefficient (Wildman–Crippen LogP) is 3.26. The molecule has 0 spiro atoms. The summed E-state index contributed by atoms with van der Waals surface area (Å²) < 4.78 is 0.998. The average Bonchev–Trinajstić information content (AvgIpc) is 3.01. The number of guanidine groups is 1. The fourth-order valence-corrected chi connectivity index (χ4v) is 3.56. The Morgan fingerprint density at radius 1 is 1.27 bits per heavy atom. The molecule has 2 rings (SSSR count). The summed E-state index contributed by atoms with van der Waals surface area (Å²) in [6.45, 7) is 5.28. The zero-order valence-electron chi connectivity index (χ0n) is 15.2. The number of carbonyl (C=O) groups excluding carboxylic acids is 1. The first-order valence-electron chi connectivity index (χ1n) is 8.39. The molecule has 1 aromatic heterocycles. The van der Waals surface area contributed by atoms with Gasteiger partial charge in [-0.3, -0.25) is 9.79 Å². The third kappa shape index (κ3) is 6.76. The van der Waals surface area contributed by atoms with Crippen molar-refractivity contribution < 1.29 is 4.79 Å². The molecule has 6 nitrogen and oxygen atoms in total. The molecule has 0 unspecified atom stereocenters. The van der Waals surface area contributed by atoms with Crippen molar-refractivity contribution in [2.45, 2.75) is 26.7 Å². The van der Waals surface area contributed by atoms with Crippen molar-refractivity contribution >= 4 is 44.8 Å². The fraction of sp³-hybridized carbons (Fsp3) is 0.389. The first kappa shape index (κ1) is 20.4. The van der Waals surface area contributed by atoms with Crippen LogP contribution in [0.4, 0.5) is 5.69 Å². The molecule has 1 heterocycles. The number of aliphatic imine (C=N–C) groups is 1. The van der Waals surface area contributed by atoms with Crippen LogP contribution in [0.3, 0.4) is 0 Å². The summed E-state index contributed by atoms with van der Waals surface area (Å²) in [6, 6.07) is 5.78. The van der Waals surface area contributed by atoms with Gasteiger partial charge in [0.05, 0.1) is 5.01 Å². The zero-order chi connectivity index (χ0) is 18.9. The molecule has 0 aliphatic heterocycles. The molecule has 0 saturated heterocycles. The van der Waals surface area contributed by atoms with Crippen LogP contribution in [0.2, 0.25) is 0 Å². The van der Waals surface area contributed by atoms with Crippen LogP contribution in [0.25, 0.3) is 0 Å². The Morgan fingerprint density at radius 3 is 2.69 bits per heavy atom. The van der Waals surface area contributed by atoms with E-state index in [9.17, 15) is 4.79 Å². The Labute approximate surface area is 166 Å². The maximum absolute atomic E-state index is 12.1. The Bertz CT molecular complexity index is 775. The zero-order valence-corrected chi connectivity index (χ0v) is 17.6. The van der Waals surface area contributed by atoms with E-state index in [2.05, 4.69) is 48.8 Å². The largest absolute Gasteiger partial charge is 0.356 e. The number of nitrogens with one attached hydrogen (secondary N) is 3. The number of nitrogens with zero attached hydrogens (tertiary/aromatic N) is 2. The van der Waals surface area contributed by atoms with E-state index in [0.717, 1.165) is 33.7 Å². The van der Waals surface area contributed by atoms with Crippen LogP contribution in [-0.4, -0.2) is 37.0 Å². The molecule has 0 atom stereocenters. The number of benzene rings is 1. The van der Waals surface area contributed by atoms with Crippen LogP contribution in [-0.2, 0) is 11.2 Å². The number of thiazole rings is 1. The van der Waals surface area contributed by atoms with E-state index in [0.29, 0.717) is 18.9 Å². The monoisotopic (exact) mass is 437 g/mol. The lowest BCUT2D eigenvalue weighted by Gasteiger charge is -2.12. The summed E-state index contributed by atoms with van der Waals surface area (Å²) >= 11 is 5.12. The summed E-state index contributed by atoms with van der Waals surface area (Å²) in [5.41, 5.74) is 1.86. The molecule has 8 heteroatoms. The molecular weight excluding hydrogens is 414 g/mol. The van der Waals surface area contributed by atoms with Gasteiger partial charge < -0.3 is 16.0 Å². The Balaban J connectivity index is 1.68. The summed E-state index contributed by atoms with van der Waals surface area (Å²) in [4.78, 5) is 21.8. The smallest absolute Gasteiger partial charge is 0.226 e. The van der Waals surface area contributed by atoms with Crippen LogP contribution in [0, 0.1) is 13.8 Å². The van der Waals surface area contributed by atoms with Crippen molar-refractivity contribution in [1.29, 1.82) is 0 Å². The highest BCUT2D eigenvalue weighted by atomic mass is 79.9. The van der Waals surface area contributed by atoms with Gasteiger partial charge in [0.25, 0.3) is 0 Å². The van der Waals surface area contributed by atoms with Crippen molar-refractivity contribution in [2.75, 3.05) is 25.5 Å². The second kappa shape index (κ2) is 10.3. The van der Waals surface area contributed by atoms with Crippen LogP contribution >= 0.6 is 27.3 Å². The van der Waals surface area contributed by atoms with Crippen molar-refractivity contribution in [3.8, 4) is 0 Å². The highest BCUT2D eigenvalue weighted by molar-refractivity contribution is 9.10. The maximum atomic E-state index is 12.1. The number of carbonyl (C=O) groups is 1. The van der Waals surface area contributed by atoms with E-state index in [1.165, 1.54) is 4.88 Å². The van der Waals surface area contributed by atoms with Gasteiger partial charge in [0.2, 0.25) is 5.91 Å². The molecule has 3 N–H and O–H groups in total. The Morgan fingerprint density at radius 2 is 2.04 bits per heavy atom. The molecule has 0 fully saturated rings. The van der Waals surface area contributed by atoms with Gasteiger partial charge >= 0.3 is 0 Å². The minimum Gasteiger partial charge on any atom is -0.356 e. The number of hydrogen-bond donors (Lipinski definition) is 3. The number of rotatable bonds is 7. The summed E-state index contributed by atoms with van der Waals surface area (Å²) in [6.07, 6.45) is 3.10. The molecule has 1 amide bonds. The third-order valence-corrected chi connectivity index (χ3v) is 5.10. The number of anilines is 1. The molecule has 1 aromatic carbocycles. The van der Waals surface area contributed by atoms with Crippen molar-refractivity contribution in [2.24, 2.45) is 4.99 Å². The SMILES string of the molecule is CN=C(NCCC(=O)Nc1ccc(Br)cc1C)NCCc1ncc(C)s1. The normalized spacial score (nSPS) is 11.3. The van der Waals surface area contributed by atoms with Crippen molar-refractivity contribution in [3.63, 3.8) is 0 Å². The second-order valence-electron chi connectivity index (χ2n) is 5.80. The lowest BCUT2D eigenvalue weighted by Crippen LogP contribution is -2.39. The minimum atomic E-state index is -0.0309. The average molecular weight is 438 g/mol. The van der Waals surface area contributed by atoms with Gasteiger partial charge in [-0.25, -0.2) is 4.98 Å². The number of hydrogen-bond acceptors (Lipinski definition) is 4. The third-order valence-electron chi connectivity index (χ3n) is 3.63. The minimum absolute atomic E-state index is 0.0309. The van der Waals surface area contributed by atoms with Gasteiger partial charge in [-0.1, -0.05) is 15.9 Å². The quantitative estimate of drug-likeness (QED) is 0.458. The van der Waals surface area contributed by atoms with Crippen LogP contribution in [0.15, 0.2) is 33.9 Å². The topological polar surface area (TPSA) is 78.4 Å². The van der Waals surface area contributed by atoms with Gasteiger partial charge in [0, 0.05) is 54.2 Å².